The molecule has 1 N–H and O–H groups in total. The van der Waals surface area contributed by atoms with Gasteiger partial charge in [0.15, 0.2) is 0 Å². The Kier molecular flexibility index (Phi) is 4.67. The Labute approximate surface area is 126 Å². The van der Waals surface area contributed by atoms with Crippen LogP contribution in [0.15, 0.2) is 0 Å². The standard InChI is InChI=1S/C15H26N2O2S/c1-5-10(3)12-14(19)17(9-15(20-4)7-8-15)11(6-2)13(18)16-12/h10-12H,5-9H2,1-4H3,(H,16,18). The third-order valence-electron chi connectivity index (χ3n) is 4.82. The lowest BCUT2D eigenvalue weighted by Gasteiger charge is -2.42. The largest absolute Gasteiger partial charge is 0.342 e. The van der Waals surface area contributed by atoms with Crippen LogP contribution in [0.5, 0.6) is 0 Å². The minimum atomic E-state index is -0.340. The molecule has 0 bridgehead atoms. The fraction of sp³-hybridized carbons (Fsp3) is 0.867. The first-order valence-corrected chi connectivity index (χ1v) is 8.86. The molecule has 20 heavy (non-hydrogen) atoms. The molecule has 5 heteroatoms. The Hall–Kier alpha value is -0.710. The van der Waals surface area contributed by atoms with Gasteiger partial charge in [0.25, 0.3) is 0 Å². The van der Waals surface area contributed by atoms with Crippen molar-refractivity contribution in [3.05, 3.63) is 0 Å². The van der Waals surface area contributed by atoms with Crippen LogP contribution in [0.1, 0.15) is 46.5 Å². The van der Waals surface area contributed by atoms with Crippen LogP contribution in [0.3, 0.4) is 0 Å². The molecule has 0 aromatic rings. The van der Waals surface area contributed by atoms with Gasteiger partial charge in [-0.1, -0.05) is 27.2 Å². The lowest BCUT2D eigenvalue weighted by molar-refractivity contribution is -0.151. The van der Waals surface area contributed by atoms with E-state index >= 15 is 0 Å². The molecule has 0 radical (unpaired) electrons. The van der Waals surface area contributed by atoms with E-state index in [4.69, 9.17) is 0 Å². The predicted octanol–water partition coefficient (Wildman–Crippen LogP) is 2.03. The third-order valence-corrected chi connectivity index (χ3v) is 6.23. The van der Waals surface area contributed by atoms with E-state index in [1.54, 1.807) is 0 Å². The molecule has 1 aliphatic heterocycles. The average molecular weight is 298 g/mol. The first-order valence-electron chi connectivity index (χ1n) is 7.64. The van der Waals surface area contributed by atoms with Crippen LogP contribution >= 0.6 is 11.8 Å². The Morgan fingerprint density at radius 2 is 2.05 bits per heavy atom. The maximum Gasteiger partial charge on any atom is 0.246 e. The van der Waals surface area contributed by atoms with E-state index in [0.29, 0.717) is 6.42 Å². The summed E-state index contributed by atoms with van der Waals surface area (Å²) in [4.78, 5) is 26.9. The molecule has 114 valence electrons. The summed E-state index contributed by atoms with van der Waals surface area (Å²) >= 11 is 1.84. The Balaban J connectivity index is 2.19. The van der Waals surface area contributed by atoms with E-state index in [0.717, 1.165) is 25.8 Å². The van der Waals surface area contributed by atoms with Crippen LogP contribution in [-0.2, 0) is 9.59 Å². The van der Waals surface area contributed by atoms with Crippen LogP contribution < -0.4 is 5.32 Å². The molecule has 2 aliphatic rings. The van der Waals surface area contributed by atoms with Crippen molar-refractivity contribution in [3.63, 3.8) is 0 Å². The van der Waals surface area contributed by atoms with Gasteiger partial charge in [-0.2, -0.15) is 11.8 Å². The molecule has 2 fully saturated rings. The highest BCUT2D eigenvalue weighted by molar-refractivity contribution is 8.00. The van der Waals surface area contributed by atoms with Crippen molar-refractivity contribution in [1.29, 1.82) is 0 Å². The van der Waals surface area contributed by atoms with Crippen molar-refractivity contribution in [2.24, 2.45) is 5.92 Å². The summed E-state index contributed by atoms with van der Waals surface area (Å²) in [6, 6.07) is -0.625. The van der Waals surface area contributed by atoms with Crippen LogP contribution in [0.4, 0.5) is 0 Å². The van der Waals surface area contributed by atoms with Gasteiger partial charge in [-0.3, -0.25) is 9.59 Å². The summed E-state index contributed by atoms with van der Waals surface area (Å²) in [7, 11) is 0. The number of carbonyl (C=O) groups is 2. The first kappa shape index (κ1) is 15.7. The van der Waals surface area contributed by atoms with Crippen molar-refractivity contribution in [2.45, 2.75) is 63.3 Å². The van der Waals surface area contributed by atoms with Gasteiger partial charge in [0.2, 0.25) is 11.8 Å². The summed E-state index contributed by atoms with van der Waals surface area (Å²) in [6.45, 7) is 6.80. The summed E-state index contributed by atoms with van der Waals surface area (Å²) in [5, 5.41) is 2.94. The van der Waals surface area contributed by atoms with Crippen LogP contribution in [0, 0.1) is 5.92 Å². The number of rotatable bonds is 6. The molecule has 2 amide bonds. The quantitative estimate of drug-likeness (QED) is 0.816. The second kappa shape index (κ2) is 5.96. The normalized spacial score (nSPS) is 30.1. The fourth-order valence-electron chi connectivity index (χ4n) is 2.88. The van der Waals surface area contributed by atoms with Crippen molar-refractivity contribution in [2.75, 3.05) is 12.8 Å². The summed E-state index contributed by atoms with van der Waals surface area (Å²) < 4.78 is 0.209. The van der Waals surface area contributed by atoms with E-state index in [1.165, 1.54) is 0 Å². The van der Waals surface area contributed by atoms with Crippen molar-refractivity contribution < 1.29 is 9.59 Å². The number of carbonyl (C=O) groups excluding carboxylic acids is 2. The molecule has 0 aromatic carbocycles. The zero-order chi connectivity index (χ0) is 14.9. The first-order chi connectivity index (χ1) is 9.48. The van der Waals surface area contributed by atoms with Gasteiger partial charge in [-0.05, 0) is 31.4 Å². The van der Waals surface area contributed by atoms with E-state index in [9.17, 15) is 9.59 Å². The monoisotopic (exact) mass is 298 g/mol. The maximum absolute atomic E-state index is 12.8. The number of piperazine rings is 1. The van der Waals surface area contributed by atoms with Crippen molar-refractivity contribution in [3.8, 4) is 0 Å². The molecule has 1 saturated carbocycles. The predicted molar refractivity (Wildman–Crippen MR) is 82.7 cm³/mol. The second-order valence-electron chi connectivity index (χ2n) is 6.15. The molecule has 3 atom stereocenters. The number of nitrogens with zero attached hydrogens (tertiary/aromatic N) is 1. The Morgan fingerprint density at radius 1 is 1.40 bits per heavy atom. The van der Waals surface area contributed by atoms with E-state index in [2.05, 4.69) is 18.5 Å². The molecule has 4 nitrogen and oxygen atoms in total. The zero-order valence-electron chi connectivity index (χ0n) is 12.9. The van der Waals surface area contributed by atoms with Gasteiger partial charge in [0, 0.05) is 11.3 Å². The number of hydrogen-bond donors (Lipinski definition) is 1. The minimum absolute atomic E-state index is 0.0225. The van der Waals surface area contributed by atoms with Crippen molar-refractivity contribution >= 4 is 23.6 Å². The molecule has 0 aromatic heterocycles. The smallest absolute Gasteiger partial charge is 0.246 e. The summed E-state index contributed by atoms with van der Waals surface area (Å²) in [5.74, 6) is 0.330. The number of amides is 2. The fourth-order valence-corrected chi connectivity index (χ4v) is 3.66. The van der Waals surface area contributed by atoms with Gasteiger partial charge >= 0.3 is 0 Å². The van der Waals surface area contributed by atoms with E-state index < -0.39 is 0 Å². The number of nitrogens with one attached hydrogen (secondary N) is 1. The van der Waals surface area contributed by atoms with Crippen LogP contribution in [0.25, 0.3) is 0 Å². The molecular weight excluding hydrogens is 272 g/mol. The van der Waals surface area contributed by atoms with E-state index in [-0.39, 0.29) is 34.6 Å². The molecular formula is C15H26N2O2S. The molecule has 2 rings (SSSR count). The lowest BCUT2D eigenvalue weighted by Crippen LogP contribution is -2.65. The van der Waals surface area contributed by atoms with Crippen LogP contribution in [0.2, 0.25) is 0 Å². The van der Waals surface area contributed by atoms with Gasteiger partial charge in [-0.15, -0.1) is 0 Å². The number of thioether (sulfide) groups is 1. The SMILES string of the molecule is CCC(C)C1NC(=O)C(CC)N(CC2(SC)CC2)C1=O. The second-order valence-corrected chi connectivity index (χ2v) is 7.42. The third kappa shape index (κ3) is 2.83. The highest BCUT2D eigenvalue weighted by Crippen LogP contribution is 2.48. The van der Waals surface area contributed by atoms with Crippen molar-refractivity contribution in [1.82, 2.24) is 10.2 Å². The lowest BCUT2D eigenvalue weighted by atomic mass is 9.93. The maximum atomic E-state index is 12.8. The highest BCUT2D eigenvalue weighted by atomic mass is 32.2. The topological polar surface area (TPSA) is 49.4 Å². The molecule has 0 spiro atoms. The highest BCUT2D eigenvalue weighted by Gasteiger charge is 2.49. The average Bonchev–Trinajstić information content (AvgIpc) is 3.22. The van der Waals surface area contributed by atoms with Gasteiger partial charge in [0.1, 0.15) is 12.1 Å². The van der Waals surface area contributed by atoms with Gasteiger partial charge in [0.05, 0.1) is 0 Å². The van der Waals surface area contributed by atoms with Crippen LogP contribution in [-0.4, -0.2) is 46.3 Å². The summed E-state index contributed by atoms with van der Waals surface area (Å²) in [5.41, 5.74) is 0. The molecule has 1 heterocycles. The molecule has 3 unspecified atom stereocenters. The number of hydrogen-bond acceptors (Lipinski definition) is 3. The van der Waals surface area contributed by atoms with Gasteiger partial charge in [-0.25, -0.2) is 0 Å². The molecule has 1 saturated heterocycles. The minimum Gasteiger partial charge on any atom is -0.342 e. The zero-order valence-corrected chi connectivity index (χ0v) is 13.8. The molecule has 1 aliphatic carbocycles. The Bertz CT molecular complexity index is 395. The Morgan fingerprint density at radius 3 is 2.50 bits per heavy atom. The van der Waals surface area contributed by atoms with Gasteiger partial charge < -0.3 is 10.2 Å². The summed E-state index contributed by atoms with van der Waals surface area (Å²) in [6.07, 6.45) is 6.01. The van der Waals surface area contributed by atoms with E-state index in [1.807, 2.05) is 30.5 Å².